The lowest BCUT2D eigenvalue weighted by molar-refractivity contribution is -0.121. The van der Waals surface area contributed by atoms with Gasteiger partial charge in [-0.2, -0.15) is 0 Å². The van der Waals surface area contributed by atoms with Gasteiger partial charge < -0.3 is 5.32 Å². The van der Waals surface area contributed by atoms with Crippen LogP contribution >= 0.6 is 11.6 Å². The van der Waals surface area contributed by atoms with Crippen LogP contribution in [-0.4, -0.2) is 17.8 Å². The van der Waals surface area contributed by atoms with Gasteiger partial charge in [-0.05, 0) is 26.2 Å². The van der Waals surface area contributed by atoms with Crippen LogP contribution in [0.5, 0.6) is 0 Å². The van der Waals surface area contributed by atoms with Crippen LogP contribution in [0.3, 0.4) is 0 Å². The van der Waals surface area contributed by atoms with E-state index in [0.717, 1.165) is 19.3 Å². The first-order valence-electron chi connectivity index (χ1n) is 7.56. The van der Waals surface area contributed by atoms with Gasteiger partial charge in [-0.3, -0.25) is 4.79 Å². The molecule has 0 aliphatic rings. The van der Waals surface area contributed by atoms with E-state index in [2.05, 4.69) is 19.2 Å². The Kier molecular flexibility index (Phi) is 13.0. The lowest BCUT2D eigenvalue weighted by atomic mass is 10.1. The molecule has 0 aliphatic heterocycles. The van der Waals surface area contributed by atoms with E-state index in [1.54, 1.807) is 0 Å². The van der Waals surface area contributed by atoms with E-state index in [-0.39, 0.29) is 11.9 Å². The molecule has 0 saturated carbocycles. The summed E-state index contributed by atoms with van der Waals surface area (Å²) in [6.45, 7) is 4.28. The van der Waals surface area contributed by atoms with Gasteiger partial charge in [-0.1, -0.05) is 45.4 Å². The second-order valence-electron chi connectivity index (χ2n) is 5.17. The number of carbonyl (C=O) groups excluding carboxylic acids is 1. The third kappa shape index (κ3) is 12.2. The second kappa shape index (κ2) is 13.2. The van der Waals surface area contributed by atoms with Gasteiger partial charge in [-0.25, -0.2) is 0 Å². The molecule has 0 aromatic rings. The van der Waals surface area contributed by atoms with Crippen molar-refractivity contribution in [2.24, 2.45) is 0 Å². The topological polar surface area (TPSA) is 29.1 Å². The molecule has 0 spiro atoms. The van der Waals surface area contributed by atoms with Crippen LogP contribution in [0.4, 0.5) is 0 Å². The molecular formula is C15H30ClNO. The quantitative estimate of drug-likeness (QED) is 0.408. The van der Waals surface area contributed by atoms with Gasteiger partial charge in [0.15, 0.2) is 0 Å². The van der Waals surface area contributed by atoms with E-state index >= 15 is 0 Å². The van der Waals surface area contributed by atoms with Crippen molar-refractivity contribution in [3.8, 4) is 0 Å². The van der Waals surface area contributed by atoms with E-state index in [9.17, 15) is 4.79 Å². The van der Waals surface area contributed by atoms with Crippen molar-refractivity contribution >= 4 is 17.5 Å². The predicted octanol–water partition coefficient (Wildman–Crippen LogP) is 4.65. The van der Waals surface area contributed by atoms with Crippen molar-refractivity contribution < 1.29 is 4.79 Å². The van der Waals surface area contributed by atoms with E-state index in [4.69, 9.17) is 11.6 Å². The fraction of sp³-hybridized carbons (Fsp3) is 0.933. The van der Waals surface area contributed by atoms with E-state index in [1.165, 1.54) is 38.5 Å². The monoisotopic (exact) mass is 275 g/mol. The van der Waals surface area contributed by atoms with Gasteiger partial charge >= 0.3 is 0 Å². The zero-order chi connectivity index (χ0) is 13.6. The summed E-state index contributed by atoms with van der Waals surface area (Å²) in [6, 6.07) is 0.265. The molecule has 1 N–H and O–H groups in total. The maximum absolute atomic E-state index is 11.6. The molecule has 18 heavy (non-hydrogen) atoms. The van der Waals surface area contributed by atoms with Crippen LogP contribution in [0.1, 0.15) is 78.1 Å². The third-order valence-electron chi connectivity index (χ3n) is 3.19. The van der Waals surface area contributed by atoms with Crippen molar-refractivity contribution in [1.29, 1.82) is 0 Å². The number of alkyl halides is 1. The van der Waals surface area contributed by atoms with Gasteiger partial charge in [0, 0.05) is 18.3 Å². The number of nitrogens with one attached hydrogen (secondary N) is 1. The SMILES string of the molecule is CCCCCCCCCC(=O)NC(C)CCCCl. The summed E-state index contributed by atoms with van der Waals surface area (Å²) >= 11 is 5.62. The highest BCUT2D eigenvalue weighted by molar-refractivity contribution is 6.17. The molecule has 1 amide bonds. The minimum atomic E-state index is 0.200. The summed E-state index contributed by atoms with van der Waals surface area (Å²) < 4.78 is 0. The molecule has 0 heterocycles. The van der Waals surface area contributed by atoms with Crippen molar-refractivity contribution in [1.82, 2.24) is 5.32 Å². The number of carbonyl (C=O) groups is 1. The number of rotatable bonds is 12. The third-order valence-corrected chi connectivity index (χ3v) is 3.45. The summed E-state index contributed by atoms with van der Waals surface area (Å²) in [5.74, 6) is 0.878. The summed E-state index contributed by atoms with van der Waals surface area (Å²) in [6.07, 6.45) is 11.4. The Morgan fingerprint density at radius 2 is 1.67 bits per heavy atom. The number of halogens is 1. The van der Waals surface area contributed by atoms with Crippen LogP contribution < -0.4 is 5.32 Å². The number of unbranched alkanes of at least 4 members (excludes halogenated alkanes) is 6. The van der Waals surface area contributed by atoms with E-state index in [0.29, 0.717) is 12.3 Å². The van der Waals surface area contributed by atoms with Crippen LogP contribution in [0.15, 0.2) is 0 Å². The average Bonchev–Trinajstić information content (AvgIpc) is 2.35. The van der Waals surface area contributed by atoms with Crippen molar-refractivity contribution in [3.05, 3.63) is 0 Å². The molecule has 108 valence electrons. The van der Waals surface area contributed by atoms with Gasteiger partial charge in [0.1, 0.15) is 0 Å². The summed E-state index contributed by atoms with van der Waals surface area (Å²) in [4.78, 5) is 11.6. The van der Waals surface area contributed by atoms with Gasteiger partial charge in [0.25, 0.3) is 0 Å². The minimum absolute atomic E-state index is 0.200. The second-order valence-corrected chi connectivity index (χ2v) is 5.55. The molecule has 0 bridgehead atoms. The molecule has 0 radical (unpaired) electrons. The Balaban J connectivity index is 3.31. The molecule has 0 fully saturated rings. The van der Waals surface area contributed by atoms with Crippen LogP contribution in [0, 0.1) is 0 Å². The summed E-state index contributed by atoms with van der Waals surface area (Å²) in [5, 5.41) is 3.03. The van der Waals surface area contributed by atoms with Crippen molar-refractivity contribution in [3.63, 3.8) is 0 Å². The minimum Gasteiger partial charge on any atom is -0.354 e. The Hall–Kier alpha value is -0.240. The van der Waals surface area contributed by atoms with Crippen molar-refractivity contribution in [2.75, 3.05) is 5.88 Å². The zero-order valence-corrected chi connectivity index (χ0v) is 12.9. The van der Waals surface area contributed by atoms with Gasteiger partial charge in [0.2, 0.25) is 5.91 Å². The first-order chi connectivity index (χ1) is 8.70. The van der Waals surface area contributed by atoms with E-state index < -0.39 is 0 Å². The Labute approximate surface area is 118 Å². The maximum atomic E-state index is 11.6. The van der Waals surface area contributed by atoms with Crippen LogP contribution in [0.25, 0.3) is 0 Å². The predicted molar refractivity (Wildman–Crippen MR) is 80.2 cm³/mol. The maximum Gasteiger partial charge on any atom is 0.220 e. The first-order valence-corrected chi connectivity index (χ1v) is 8.09. The lowest BCUT2D eigenvalue weighted by Crippen LogP contribution is -2.32. The smallest absolute Gasteiger partial charge is 0.220 e. The van der Waals surface area contributed by atoms with Crippen molar-refractivity contribution in [2.45, 2.75) is 84.1 Å². The molecule has 0 aromatic heterocycles. The number of hydrogen-bond acceptors (Lipinski definition) is 1. The first kappa shape index (κ1) is 17.8. The molecule has 0 aromatic carbocycles. The number of hydrogen-bond donors (Lipinski definition) is 1. The molecule has 3 heteroatoms. The zero-order valence-electron chi connectivity index (χ0n) is 12.1. The Morgan fingerprint density at radius 1 is 1.06 bits per heavy atom. The molecule has 1 atom stereocenters. The largest absolute Gasteiger partial charge is 0.354 e. The normalized spacial score (nSPS) is 12.4. The molecule has 0 aliphatic carbocycles. The Morgan fingerprint density at radius 3 is 2.28 bits per heavy atom. The summed E-state index contributed by atoms with van der Waals surface area (Å²) in [5.41, 5.74) is 0. The highest BCUT2D eigenvalue weighted by Gasteiger charge is 2.06. The highest BCUT2D eigenvalue weighted by Crippen LogP contribution is 2.08. The van der Waals surface area contributed by atoms with Gasteiger partial charge in [0.05, 0.1) is 0 Å². The fourth-order valence-electron chi connectivity index (χ4n) is 2.05. The molecular weight excluding hydrogens is 246 g/mol. The van der Waals surface area contributed by atoms with Gasteiger partial charge in [-0.15, -0.1) is 11.6 Å². The lowest BCUT2D eigenvalue weighted by Gasteiger charge is -2.12. The molecule has 0 rings (SSSR count). The highest BCUT2D eigenvalue weighted by atomic mass is 35.5. The summed E-state index contributed by atoms with van der Waals surface area (Å²) in [7, 11) is 0. The molecule has 1 unspecified atom stereocenters. The van der Waals surface area contributed by atoms with E-state index in [1.807, 2.05) is 0 Å². The van der Waals surface area contributed by atoms with Crippen LogP contribution in [0.2, 0.25) is 0 Å². The average molecular weight is 276 g/mol. The van der Waals surface area contributed by atoms with Crippen LogP contribution in [-0.2, 0) is 4.79 Å². The number of amides is 1. The molecule has 0 saturated heterocycles. The molecule has 2 nitrogen and oxygen atoms in total. The Bertz CT molecular complexity index is 197. The fourth-order valence-corrected chi connectivity index (χ4v) is 2.20. The standard InChI is InChI=1S/C15H30ClNO/c1-3-4-5-6-7-8-9-12-15(18)17-14(2)11-10-13-16/h14H,3-13H2,1-2H3,(H,17,18).